The zero-order valence-corrected chi connectivity index (χ0v) is 19.2. The fourth-order valence-corrected chi connectivity index (χ4v) is 6.17. The van der Waals surface area contributed by atoms with Gasteiger partial charge in [-0.25, -0.2) is 13.1 Å². The topological polar surface area (TPSA) is 64.6 Å². The van der Waals surface area contributed by atoms with Crippen molar-refractivity contribution in [2.24, 2.45) is 11.3 Å². The molecule has 0 aromatic heterocycles. The van der Waals surface area contributed by atoms with Crippen LogP contribution >= 0.6 is 0 Å². The Kier molecular flexibility index (Phi) is 7.09. The van der Waals surface area contributed by atoms with Crippen LogP contribution in [0.15, 0.2) is 29.2 Å². The Morgan fingerprint density at radius 3 is 2.21 bits per heavy atom. The van der Waals surface area contributed by atoms with Gasteiger partial charge in [0.25, 0.3) is 0 Å². The van der Waals surface area contributed by atoms with E-state index in [1.165, 1.54) is 0 Å². The third-order valence-corrected chi connectivity index (χ3v) is 8.23. The van der Waals surface area contributed by atoms with Crippen LogP contribution in [0.3, 0.4) is 0 Å². The molecule has 164 valence electrons. The van der Waals surface area contributed by atoms with Crippen molar-refractivity contribution in [3.63, 3.8) is 0 Å². The van der Waals surface area contributed by atoms with Gasteiger partial charge in [-0.1, -0.05) is 38.5 Å². The molecule has 2 aliphatic rings. The van der Waals surface area contributed by atoms with Crippen LogP contribution in [0, 0.1) is 18.3 Å². The molecule has 0 unspecified atom stereocenters. The summed E-state index contributed by atoms with van der Waals surface area (Å²) in [6.07, 6.45) is 6.26. The van der Waals surface area contributed by atoms with E-state index >= 15 is 0 Å². The van der Waals surface area contributed by atoms with Crippen molar-refractivity contribution in [3.8, 4) is 0 Å². The lowest BCUT2D eigenvalue weighted by atomic mass is 9.66. The van der Waals surface area contributed by atoms with Crippen LogP contribution in [-0.4, -0.2) is 33.5 Å². The molecule has 5 nitrogen and oxygen atoms in total. The fraction of sp³-hybridized carbons (Fsp3) is 0.739. The molecule has 1 N–H and O–H groups in total. The van der Waals surface area contributed by atoms with Crippen molar-refractivity contribution < 1.29 is 17.9 Å². The van der Waals surface area contributed by atoms with Crippen LogP contribution in [0.25, 0.3) is 0 Å². The van der Waals surface area contributed by atoms with Gasteiger partial charge in [0.1, 0.15) is 0 Å². The van der Waals surface area contributed by atoms with Gasteiger partial charge in [-0.2, -0.15) is 0 Å². The third kappa shape index (κ3) is 6.03. The van der Waals surface area contributed by atoms with Crippen molar-refractivity contribution in [1.82, 2.24) is 4.72 Å². The van der Waals surface area contributed by atoms with Crippen LogP contribution in [-0.2, 0) is 19.5 Å². The van der Waals surface area contributed by atoms with Gasteiger partial charge < -0.3 is 9.47 Å². The molecule has 1 saturated carbocycles. The van der Waals surface area contributed by atoms with Gasteiger partial charge in [0, 0.05) is 5.54 Å². The molecular formula is C23H37NO4S. The summed E-state index contributed by atoms with van der Waals surface area (Å²) in [5, 5.41) is 0. The smallest absolute Gasteiger partial charge is 0.241 e. The van der Waals surface area contributed by atoms with Crippen LogP contribution in [0.5, 0.6) is 0 Å². The Bertz CT molecular complexity index is 753. The highest BCUT2D eigenvalue weighted by Crippen LogP contribution is 2.43. The zero-order valence-electron chi connectivity index (χ0n) is 18.4. The van der Waals surface area contributed by atoms with E-state index in [1.54, 1.807) is 12.1 Å². The van der Waals surface area contributed by atoms with Gasteiger partial charge in [0.2, 0.25) is 10.0 Å². The summed E-state index contributed by atoms with van der Waals surface area (Å²) in [6.45, 7) is 10.1. The van der Waals surface area contributed by atoms with Crippen LogP contribution < -0.4 is 4.72 Å². The third-order valence-electron chi connectivity index (χ3n) is 6.64. The minimum Gasteiger partial charge on any atom is -0.350 e. The van der Waals surface area contributed by atoms with Crippen LogP contribution in [0.4, 0.5) is 0 Å². The summed E-state index contributed by atoms with van der Waals surface area (Å²) in [5.74, 6) is 0.626. The maximum Gasteiger partial charge on any atom is 0.241 e. The number of benzene rings is 1. The molecule has 1 saturated heterocycles. The normalized spacial score (nSPS) is 26.7. The van der Waals surface area contributed by atoms with E-state index in [1.807, 2.05) is 19.1 Å². The van der Waals surface area contributed by atoms with E-state index in [2.05, 4.69) is 25.5 Å². The molecule has 1 aromatic carbocycles. The lowest BCUT2D eigenvalue weighted by Gasteiger charge is -2.44. The average molecular weight is 424 g/mol. The number of nitrogens with one attached hydrogen (secondary N) is 1. The summed E-state index contributed by atoms with van der Waals surface area (Å²) in [6, 6.07) is 7.11. The number of hydrogen-bond acceptors (Lipinski definition) is 4. The van der Waals surface area contributed by atoms with Gasteiger partial charge in [0.15, 0.2) is 6.29 Å². The first kappa shape index (κ1) is 22.7. The highest BCUT2D eigenvalue weighted by Gasteiger charge is 2.41. The summed E-state index contributed by atoms with van der Waals surface area (Å²) in [4.78, 5) is 0.350. The molecule has 0 radical (unpaired) electrons. The van der Waals surface area contributed by atoms with Crippen molar-refractivity contribution in [3.05, 3.63) is 29.8 Å². The van der Waals surface area contributed by atoms with Crippen molar-refractivity contribution in [2.75, 3.05) is 13.2 Å². The first-order valence-corrected chi connectivity index (χ1v) is 12.4. The SMILES string of the molecule is Cc1ccc(S(=O)(=O)NC2(CCCC3OCCO3)CCC(C(C)(C)C)CC2)cc1. The van der Waals surface area contributed by atoms with Crippen LogP contribution in [0.2, 0.25) is 0 Å². The molecule has 1 heterocycles. The van der Waals surface area contributed by atoms with Crippen molar-refractivity contribution in [1.29, 1.82) is 0 Å². The Balaban J connectivity index is 1.72. The molecular weight excluding hydrogens is 386 g/mol. The number of ether oxygens (including phenoxy) is 2. The lowest BCUT2D eigenvalue weighted by Crippen LogP contribution is -2.51. The fourth-order valence-electron chi connectivity index (χ4n) is 4.68. The van der Waals surface area contributed by atoms with E-state index in [-0.39, 0.29) is 17.2 Å². The molecule has 0 bridgehead atoms. The first-order chi connectivity index (χ1) is 13.6. The standard InChI is InChI=1S/C23H37NO4S/c1-18-7-9-20(10-8-18)29(25,26)24-23(13-5-6-21-27-16-17-28-21)14-11-19(12-15-23)22(2,3)4/h7-10,19,21,24H,5-6,11-17H2,1-4H3. The second-order valence-corrected chi connectivity index (χ2v) is 11.6. The summed E-state index contributed by atoms with van der Waals surface area (Å²) in [5.41, 5.74) is 0.929. The molecule has 0 spiro atoms. The van der Waals surface area contributed by atoms with Gasteiger partial charge in [-0.3, -0.25) is 0 Å². The molecule has 0 atom stereocenters. The van der Waals surface area contributed by atoms with Crippen molar-refractivity contribution >= 4 is 10.0 Å². The van der Waals surface area contributed by atoms with E-state index in [0.29, 0.717) is 24.0 Å². The van der Waals surface area contributed by atoms with Gasteiger partial charge in [-0.15, -0.1) is 0 Å². The lowest BCUT2D eigenvalue weighted by molar-refractivity contribution is -0.0493. The molecule has 1 aliphatic heterocycles. The molecule has 1 aromatic rings. The van der Waals surface area contributed by atoms with E-state index < -0.39 is 10.0 Å². The molecule has 6 heteroatoms. The predicted molar refractivity (Wildman–Crippen MR) is 115 cm³/mol. The maximum atomic E-state index is 13.2. The quantitative estimate of drug-likeness (QED) is 0.685. The van der Waals surface area contributed by atoms with E-state index in [9.17, 15) is 8.42 Å². The highest BCUT2D eigenvalue weighted by atomic mass is 32.2. The second-order valence-electron chi connectivity index (χ2n) is 9.90. The average Bonchev–Trinajstić information content (AvgIpc) is 3.15. The summed E-state index contributed by atoms with van der Waals surface area (Å²) >= 11 is 0. The number of aryl methyl sites for hydroxylation is 1. The van der Waals surface area contributed by atoms with Gasteiger partial charge in [-0.05, 0) is 75.3 Å². The molecule has 3 rings (SSSR count). The Labute approximate surface area is 176 Å². The Morgan fingerprint density at radius 1 is 1.07 bits per heavy atom. The molecule has 29 heavy (non-hydrogen) atoms. The van der Waals surface area contributed by atoms with E-state index in [4.69, 9.17) is 9.47 Å². The molecule has 2 fully saturated rings. The highest BCUT2D eigenvalue weighted by molar-refractivity contribution is 7.89. The summed E-state index contributed by atoms with van der Waals surface area (Å²) < 4.78 is 40.6. The van der Waals surface area contributed by atoms with Crippen molar-refractivity contribution in [2.45, 2.75) is 89.4 Å². The summed E-state index contributed by atoms with van der Waals surface area (Å²) in [7, 11) is -3.55. The Hall–Kier alpha value is -0.950. The maximum absolute atomic E-state index is 13.2. The monoisotopic (exact) mass is 423 g/mol. The van der Waals surface area contributed by atoms with Gasteiger partial charge in [0.05, 0.1) is 18.1 Å². The minimum absolute atomic E-state index is 0.133. The molecule has 0 amide bonds. The minimum atomic E-state index is -3.55. The first-order valence-electron chi connectivity index (χ1n) is 10.9. The predicted octanol–water partition coefficient (Wildman–Crippen LogP) is 4.79. The van der Waals surface area contributed by atoms with Crippen LogP contribution in [0.1, 0.15) is 71.3 Å². The largest absolute Gasteiger partial charge is 0.350 e. The molecule has 1 aliphatic carbocycles. The second kappa shape index (κ2) is 9.04. The Morgan fingerprint density at radius 2 is 1.66 bits per heavy atom. The van der Waals surface area contributed by atoms with Gasteiger partial charge >= 0.3 is 0 Å². The number of rotatable bonds is 7. The van der Waals surface area contributed by atoms with E-state index in [0.717, 1.165) is 50.5 Å². The number of hydrogen-bond donors (Lipinski definition) is 1. The zero-order chi connectivity index (χ0) is 21.1. The number of sulfonamides is 1.